The van der Waals surface area contributed by atoms with Crippen molar-refractivity contribution in [3.8, 4) is 5.75 Å². The maximum absolute atomic E-state index is 10.5. The second kappa shape index (κ2) is 3.76. The number of carboxylic acids is 1. The molecule has 1 aromatic carbocycles. The first-order valence-electron chi connectivity index (χ1n) is 3.80. The number of carbonyl (C=O) groups is 1. The van der Waals surface area contributed by atoms with Crippen LogP contribution < -0.4 is 0 Å². The predicted octanol–water partition coefficient (Wildman–Crippen LogP) is 1.88. The van der Waals surface area contributed by atoms with Crippen molar-refractivity contribution >= 4 is 12.0 Å². The highest BCUT2D eigenvalue weighted by molar-refractivity contribution is 5.91. The van der Waals surface area contributed by atoms with Gasteiger partial charge in [-0.1, -0.05) is 12.1 Å². The largest absolute Gasteiger partial charge is 0.508 e. The zero-order chi connectivity index (χ0) is 9.84. The summed E-state index contributed by atoms with van der Waals surface area (Å²) in [7, 11) is 0. The van der Waals surface area contributed by atoms with E-state index in [9.17, 15) is 4.79 Å². The maximum Gasteiger partial charge on any atom is 0.331 e. The van der Waals surface area contributed by atoms with E-state index in [-0.39, 0.29) is 11.3 Å². The minimum absolute atomic E-state index is 0.131. The molecule has 0 aliphatic rings. The SMILES string of the molecule is C/C(=C\c1cccc(O)c1)C(=O)O. The van der Waals surface area contributed by atoms with Gasteiger partial charge in [0, 0.05) is 5.57 Å². The molecule has 0 heterocycles. The van der Waals surface area contributed by atoms with E-state index >= 15 is 0 Å². The lowest BCUT2D eigenvalue weighted by molar-refractivity contribution is -0.132. The van der Waals surface area contributed by atoms with Gasteiger partial charge in [0.05, 0.1) is 0 Å². The van der Waals surface area contributed by atoms with Crippen LogP contribution in [0.3, 0.4) is 0 Å². The lowest BCUT2D eigenvalue weighted by Gasteiger charge is -1.96. The lowest BCUT2D eigenvalue weighted by atomic mass is 10.1. The van der Waals surface area contributed by atoms with Crippen molar-refractivity contribution in [2.24, 2.45) is 0 Å². The fourth-order valence-electron chi connectivity index (χ4n) is 0.926. The molecule has 0 aromatic heterocycles. The Kier molecular flexibility index (Phi) is 2.69. The summed E-state index contributed by atoms with van der Waals surface area (Å²) in [6, 6.07) is 6.43. The van der Waals surface area contributed by atoms with Crippen LogP contribution in [-0.4, -0.2) is 16.2 Å². The van der Waals surface area contributed by atoms with Crippen LogP contribution >= 0.6 is 0 Å². The summed E-state index contributed by atoms with van der Waals surface area (Å²) in [6.07, 6.45) is 1.50. The monoisotopic (exact) mass is 178 g/mol. The molecule has 0 saturated heterocycles. The molecule has 0 atom stereocenters. The van der Waals surface area contributed by atoms with Gasteiger partial charge in [-0.25, -0.2) is 4.79 Å². The van der Waals surface area contributed by atoms with Crippen molar-refractivity contribution in [3.05, 3.63) is 35.4 Å². The summed E-state index contributed by atoms with van der Waals surface area (Å²) in [5, 5.41) is 17.7. The maximum atomic E-state index is 10.5. The van der Waals surface area contributed by atoms with Crippen LogP contribution in [-0.2, 0) is 4.79 Å². The number of phenolic OH excluding ortho intramolecular Hbond substituents is 1. The Morgan fingerprint density at radius 1 is 1.46 bits per heavy atom. The first-order chi connectivity index (χ1) is 6.09. The number of rotatable bonds is 2. The Balaban J connectivity index is 2.97. The number of hydrogen-bond acceptors (Lipinski definition) is 2. The van der Waals surface area contributed by atoms with Crippen molar-refractivity contribution in [2.45, 2.75) is 6.92 Å². The van der Waals surface area contributed by atoms with Crippen molar-refractivity contribution in [1.29, 1.82) is 0 Å². The summed E-state index contributed by atoms with van der Waals surface area (Å²) in [5.74, 6) is -0.824. The molecule has 3 nitrogen and oxygen atoms in total. The van der Waals surface area contributed by atoms with E-state index in [1.807, 2.05) is 0 Å². The molecule has 13 heavy (non-hydrogen) atoms. The number of carboxylic acid groups (broad SMARTS) is 1. The molecule has 0 aliphatic carbocycles. The van der Waals surface area contributed by atoms with Crippen molar-refractivity contribution < 1.29 is 15.0 Å². The molecule has 0 saturated carbocycles. The van der Waals surface area contributed by atoms with Crippen LogP contribution in [0.5, 0.6) is 5.75 Å². The number of phenols is 1. The van der Waals surface area contributed by atoms with E-state index < -0.39 is 5.97 Å². The molecule has 0 radical (unpaired) electrons. The standard InChI is InChI=1S/C10H10O3/c1-7(10(12)13)5-8-3-2-4-9(11)6-8/h2-6,11H,1H3,(H,12,13)/b7-5+. The zero-order valence-corrected chi connectivity index (χ0v) is 7.19. The minimum atomic E-state index is -0.955. The number of aromatic hydroxyl groups is 1. The van der Waals surface area contributed by atoms with Gasteiger partial charge in [0.1, 0.15) is 5.75 Å². The Bertz CT molecular complexity index is 353. The van der Waals surface area contributed by atoms with Crippen LogP contribution in [0.1, 0.15) is 12.5 Å². The van der Waals surface area contributed by atoms with Crippen LogP contribution in [0.2, 0.25) is 0 Å². The highest BCUT2D eigenvalue weighted by Crippen LogP contribution is 2.13. The normalized spacial score (nSPS) is 11.3. The van der Waals surface area contributed by atoms with E-state index in [2.05, 4.69) is 0 Å². The predicted molar refractivity (Wildman–Crippen MR) is 49.4 cm³/mol. The Morgan fingerprint density at radius 3 is 2.69 bits per heavy atom. The van der Waals surface area contributed by atoms with Gasteiger partial charge in [-0.3, -0.25) is 0 Å². The Hall–Kier alpha value is -1.77. The molecule has 3 heteroatoms. The molecule has 0 unspecified atom stereocenters. The second-order valence-corrected chi connectivity index (χ2v) is 2.73. The van der Waals surface area contributed by atoms with Crippen molar-refractivity contribution in [1.82, 2.24) is 0 Å². The fraction of sp³-hybridized carbons (Fsp3) is 0.100. The smallest absolute Gasteiger partial charge is 0.331 e. The molecular formula is C10H10O3. The topological polar surface area (TPSA) is 57.5 Å². The Labute approximate surface area is 76.0 Å². The fourth-order valence-corrected chi connectivity index (χ4v) is 0.926. The summed E-state index contributed by atoms with van der Waals surface area (Å²) < 4.78 is 0. The first kappa shape index (κ1) is 9.32. The van der Waals surface area contributed by atoms with Gasteiger partial charge in [-0.15, -0.1) is 0 Å². The highest BCUT2D eigenvalue weighted by Gasteiger charge is 1.99. The summed E-state index contributed by atoms with van der Waals surface area (Å²) in [5.41, 5.74) is 0.922. The number of benzene rings is 1. The van der Waals surface area contributed by atoms with E-state index in [4.69, 9.17) is 10.2 Å². The second-order valence-electron chi connectivity index (χ2n) is 2.73. The highest BCUT2D eigenvalue weighted by atomic mass is 16.4. The summed E-state index contributed by atoms with van der Waals surface area (Å²) in [4.78, 5) is 10.5. The summed E-state index contributed by atoms with van der Waals surface area (Å²) >= 11 is 0. The van der Waals surface area contributed by atoms with E-state index in [1.165, 1.54) is 25.1 Å². The van der Waals surface area contributed by atoms with Crippen LogP contribution in [0.15, 0.2) is 29.8 Å². The molecule has 0 spiro atoms. The van der Waals surface area contributed by atoms with E-state index in [0.29, 0.717) is 5.56 Å². The third-order valence-corrected chi connectivity index (χ3v) is 1.59. The zero-order valence-electron chi connectivity index (χ0n) is 7.19. The molecule has 1 aromatic rings. The van der Waals surface area contributed by atoms with E-state index in [1.54, 1.807) is 12.1 Å². The minimum Gasteiger partial charge on any atom is -0.508 e. The summed E-state index contributed by atoms with van der Waals surface area (Å²) in [6.45, 7) is 1.51. The number of hydrogen-bond donors (Lipinski definition) is 2. The van der Waals surface area contributed by atoms with Gasteiger partial charge in [-0.2, -0.15) is 0 Å². The van der Waals surface area contributed by atoms with Crippen molar-refractivity contribution in [3.63, 3.8) is 0 Å². The van der Waals surface area contributed by atoms with Crippen molar-refractivity contribution in [2.75, 3.05) is 0 Å². The van der Waals surface area contributed by atoms with Crippen LogP contribution in [0.4, 0.5) is 0 Å². The molecular weight excluding hydrogens is 168 g/mol. The lowest BCUT2D eigenvalue weighted by Crippen LogP contribution is -1.95. The molecule has 0 aliphatic heterocycles. The van der Waals surface area contributed by atoms with Gasteiger partial charge in [0.25, 0.3) is 0 Å². The van der Waals surface area contributed by atoms with Gasteiger partial charge in [0.2, 0.25) is 0 Å². The molecule has 0 amide bonds. The molecule has 0 fully saturated rings. The molecule has 68 valence electrons. The average Bonchev–Trinajstić information content (AvgIpc) is 2.04. The van der Waals surface area contributed by atoms with Gasteiger partial charge in [0.15, 0.2) is 0 Å². The first-order valence-corrected chi connectivity index (χ1v) is 3.80. The Morgan fingerprint density at radius 2 is 2.15 bits per heavy atom. The van der Waals surface area contributed by atoms with Crippen LogP contribution in [0, 0.1) is 0 Å². The third-order valence-electron chi connectivity index (χ3n) is 1.59. The molecule has 2 N–H and O–H groups in total. The van der Waals surface area contributed by atoms with Gasteiger partial charge in [-0.05, 0) is 30.7 Å². The molecule has 0 bridgehead atoms. The van der Waals surface area contributed by atoms with Gasteiger partial charge < -0.3 is 10.2 Å². The van der Waals surface area contributed by atoms with Gasteiger partial charge >= 0.3 is 5.97 Å². The molecule has 1 rings (SSSR count). The van der Waals surface area contributed by atoms with Crippen LogP contribution in [0.25, 0.3) is 6.08 Å². The average molecular weight is 178 g/mol. The third kappa shape index (κ3) is 2.63. The quantitative estimate of drug-likeness (QED) is 0.680. The van der Waals surface area contributed by atoms with E-state index in [0.717, 1.165) is 0 Å². The number of aliphatic carboxylic acids is 1.